The summed E-state index contributed by atoms with van der Waals surface area (Å²) in [5, 5.41) is 0. The molecule has 2 aromatic rings. The van der Waals surface area contributed by atoms with Crippen molar-refractivity contribution in [1.29, 1.82) is 0 Å². The van der Waals surface area contributed by atoms with Gasteiger partial charge in [0.1, 0.15) is 0 Å². The third-order valence-electron chi connectivity index (χ3n) is 7.99. The van der Waals surface area contributed by atoms with Crippen LogP contribution >= 0.6 is 0 Å². The van der Waals surface area contributed by atoms with E-state index in [4.69, 9.17) is 4.74 Å². The van der Waals surface area contributed by atoms with Gasteiger partial charge in [0.15, 0.2) is 5.78 Å². The van der Waals surface area contributed by atoms with Gasteiger partial charge in [-0.05, 0) is 67.3 Å². The number of hydrogen-bond acceptors (Lipinski definition) is 5. The number of halogens is 3. The molecular weight excluding hydrogens is 483 g/mol. The monoisotopic (exact) mass is 515 g/mol. The first-order chi connectivity index (χ1) is 17.8. The van der Waals surface area contributed by atoms with Gasteiger partial charge in [0.2, 0.25) is 0 Å². The number of carbonyl (C=O) groups is 2. The Morgan fingerprint density at radius 1 is 1.14 bits per heavy atom. The van der Waals surface area contributed by atoms with Gasteiger partial charge in [-0.3, -0.25) is 19.5 Å². The van der Waals surface area contributed by atoms with Gasteiger partial charge < -0.3 is 9.64 Å². The lowest BCUT2D eigenvalue weighted by Gasteiger charge is -2.29. The second-order valence-electron chi connectivity index (χ2n) is 10.4. The van der Waals surface area contributed by atoms with Gasteiger partial charge in [0.25, 0.3) is 5.91 Å². The number of pyridine rings is 1. The summed E-state index contributed by atoms with van der Waals surface area (Å²) in [6, 6.07) is 9.57. The van der Waals surface area contributed by atoms with Crippen molar-refractivity contribution >= 4 is 11.7 Å². The Balaban J connectivity index is 1.23. The quantitative estimate of drug-likeness (QED) is 0.532. The summed E-state index contributed by atoms with van der Waals surface area (Å²) in [6.07, 6.45) is 0.835. The fourth-order valence-corrected chi connectivity index (χ4v) is 5.94. The molecule has 1 aromatic heterocycles. The lowest BCUT2D eigenvalue weighted by molar-refractivity contribution is -0.137. The Bertz CT molecular complexity index is 1120. The molecule has 3 atom stereocenters. The van der Waals surface area contributed by atoms with E-state index in [2.05, 4.69) is 9.88 Å². The minimum atomic E-state index is -4.52. The number of rotatable bonds is 8. The number of nitrogens with zero attached hydrogens (tertiary/aromatic N) is 3. The largest absolute Gasteiger partial charge is 0.416 e. The molecule has 4 heterocycles. The third kappa shape index (κ3) is 6.04. The summed E-state index contributed by atoms with van der Waals surface area (Å²) >= 11 is 0. The number of benzene rings is 1. The topological polar surface area (TPSA) is 62.7 Å². The summed E-state index contributed by atoms with van der Waals surface area (Å²) < 4.78 is 45.1. The van der Waals surface area contributed by atoms with E-state index < -0.39 is 17.6 Å². The molecule has 2 fully saturated rings. The van der Waals surface area contributed by atoms with E-state index in [1.807, 2.05) is 18.2 Å². The van der Waals surface area contributed by atoms with Crippen molar-refractivity contribution in [3.63, 3.8) is 0 Å². The molecule has 5 rings (SSSR count). The first-order valence-corrected chi connectivity index (χ1v) is 13.0. The first-order valence-electron chi connectivity index (χ1n) is 13.0. The van der Waals surface area contributed by atoms with Crippen LogP contribution in [0.3, 0.4) is 0 Å². The van der Waals surface area contributed by atoms with Crippen LogP contribution in [0.4, 0.5) is 13.2 Å². The zero-order chi connectivity index (χ0) is 26.0. The Kier molecular flexibility index (Phi) is 7.62. The van der Waals surface area contributed by atoms with Crippen molar-refractivity contribution in [3.05, 3.63) is 65.0 Å². The van der Waals surface area contributed by atoms with Gasteiger partial charge in [-0.25, -0.2) is 0 Å². The highest BCUT2D eigenvalue weighted by Crippen LogP contribution is 2.34. The number of aryl methyl sites for hydroxylation is 1. The molecule has 0 spiro atoms. The minimum Gasteiger partial charge on any atom is -0.380 e. The lowest BCUT2D eigenvalue weighted by atomic mass is 9.87. The molecule has 3 aliphatic heterocycles. The number of ketones is 1. The van der Waals surface area contributed by atoms with Gasteiger partial charge in [-0.15, -0.1) is 0 Å². The number of alkyl halides is 3. The zero-order valence-corrected chi connectivity index (χ0v) is 20.8. The van der Waals surface area contributed by atoms with Crippen LogP contribution in [0.15, 0.2) is 42.6 Å². The predicted octanol–water partition coefficient (Wildman–Crippen LogP) is 4.03. The molecule has 2 saturated heterocycles. The number of ether oxygens (including phenoxy) is 1. The van der Waals surface area contributed by atoms with Crippen LogP contribution in [0.2, 0.25) is 0 Å². The second kappa shape index (κ2) is 10.9. The summed E-state index contributed by atoms with van der Waals surface area (Å²) in [4.78, 5) is 34.4. The first kappa shape index (κ1) is 25.9. The van der Waals surface area contributed by atoms with Crippen LogP contribution in [0.5, 0.6) is 0 Å². The van der Waals surface area contributed by atoms with Gasteiger partial charge in [-0.1, -0.05) is 12.1 Å². The number of aromatic nitrogens is 1. The van der Waals surface area contributed by atoms with Crippen LogP contribution in [-0.2, 0) is 28.5 Å². The summed E-state index contributed by atoms with van der Waals surface area (Å²) in [5.41, 5.74) is 0.841. The molecule has 1 aromatic carbocycles. The molecule has 3 aliphatic rings. The average molecular weight is 516 g/mol. The van der Waals surface area contributed by atoms with Crippen LogP contribution in [0, 0.1) is 11.8 Å². The van der Waals surface area contributed by atoms with Crippen molar-refractivity contribution in [2.24, 2.45) is 11.8 Å². The van der Waals surface area contributed by atoms with Crippen LogP contribution in [0.25, 0.3) is 0 Å². The molecule has 0 radical (unpaired) electrons. The highest BCUT2D eigenvalue weighted by atomic mass is 19.4. The molecule has 0 saturated carbocycles. The normalized spacial score (nSPS) is 24.5. The fraction of sp³-hybridized carbons (Fsp3) is 0.536. The number of amides is 1. The predicted molar refractivity (Wildman–Crippen MR) is 131 cm³/mol. The van der Waals surface area contributed by atoms with Crippen molar-refractivity contribution in [2.75, 3.05) is 39.4 Å². The molecule has 2 unspecified atom stereocenters. The molecule has 9 heteroatoms. The van der Waals surface area contributed by atoms with Gasteiger partial charge in [0, 0.05) is 56.2 Å². The number of Topliss-reactive ketones (excluding diaryl/α,β-unsaturated/α-hetero) is 1. The van der Waals surface area contributed by atoms with Crippen LogP contribution in [0.1, 0.15) is 46.4 Å². The van der Waals surface area contributed by atoms with Crippen molar-refractivity contribution in [3.8, 4) is 0 Å². The summed E-state index contributed by atoms with van der Waals surface area (Å²) in [5.74, 6) is -0.0378. The highest BCUT2D eigenvalue weighted by Gasteiger charge is 2.39. The van der Waals surface area contributed by atoms with E-state index in [9.17, 15) is 22.8 Å². The van der Waals surface area contributed by atoms with Gasteiger partial charge in [-0.2, -0.15) is 13.2 Å². The van der Waals surface area contributed by atoms with Crippen molar-refractivity contribution < 1.29 is 27.5 Å². The maximum Gasteiger partial charge on any atom is 0.416 e. The van der Waals surface area contributed by atoms with E-state index in [0.29, 0.717) is 36.9 Å². The van der Waals surface area contributed by atoms with Crippen molar-refractivity contribution in [1.82, 2.24) is 14.8 Å². The Hall–Kier alpha value is -2.78. The van der Waals surface area contributed by atoms with Crippen LogP contribution in [-0.4, -0.2) is 71.9 Å². The highest BCUT2D eigenvalue weighted by molar-refractivity contribution is 5.99. The number of carbonyl (C=O) groups excluding carboxylic acids is 2. The van der Waals surface area contributed by atoms with E-state index in [1.165, 1.54) is 11.0 Å². The molecule has 0 bridgehead atoms. The number of likely N-dealkylation sites (tertiary alicyclic amines) is 1. The Labute approximate surface area is 214 Å². The smallest absolute Gasteiger partial charge is 0.380 e. The minimum absolute atomic E-state index is 0.0406. The molecule has 0 N–H and O–H groups in total. The molecule has 198 valence electrons. The van der Waals surface area contributed by atoms with E-state index in [-0.39, 0.29) is 23.8 Å². The number of hydrogen-bond donors (Lipinski definition) is 0. The van der Waals surface area contributed by atoms with Gasteiger partial charge in [0.05, 0.1) is 18.7 Å². The molecule has 1 amide bonds. The lowest BCUT2D eigenvalue weighted by Crippen LogP contribution is -2.41. The Morgan fingerprint density at radius 2 is 1.97 bits per heavy atom. The fourth-order valence-electron chi connectivity index (χ4n) is 5.94. The van der Waals surface area contributed by atoms with Crippen molar-refractivity contribution in [2.45, 2.75) is 44.3 Å². The standard InChI is InChI=1S/C28H32F3N3O3/c29-28(30,31)22-6-4-19-8-11-33(27(36)26(19)14-22)17-25(35)13-21-16-34(24-9-12-37-18-24)15-20(21)5-7-23-3-1-2-10-32-23/h1-4,6,10,14,20-21,24H,5,7-9,11-13,15-18H2/t20-,21?,24?/m0/s1. The molecule has 6 nitrogen and oxygen atoms in total. The molecular formula is C28H32F3N3O3. The maximum absolute atomic E-state index is 13.2. The zero-order valence-electron chi connectivity index (χ0n) is 20.8. The summed E-state index contributed by atoms with van der Waals surface area (Å²) in [6.45, 7) is 3.48. The van der Waals surface area contributed by atoms with Gasteiger partial charge >= 0.3 is 6.18 Å². The van der Waals surface area contributed by atoms with E-state index >= 15 is 0 Å². The summed E-state index contributed by atoms with van der Waals surface area (Å²) in [7, 11) is 0. The molecule has 37 heavy (non-hydrogen) atoms. The van der Waals surface area contributed by atoms with E-state index in [1.54, 1.807) is 6.20 Å². The Morgan fingerprint density at radius 3 is 2.70 bits per heavy atom. The SMILES string of the molecule is O=C(CC1CN(C2CCOC2)C[C@@H]1CCc1ccccn1)CN1CCc2ccc(C(F)(F)F)cc2C1=O. The second-order valence-corrected chi connectivity index (χ2v) is 10.4. The third-order valence-corrected chi connectivity index (χ3v) is 7.99. The van der Waals surface area contributed by atoms with E-state index in [0.717, 1.165) is 63.4 Å². The van der Waals surface area contributed by atoms with Crippen LogP contribution < -0.4 is 0 Å². The average Bonchev–Trinajstić information content (AvgIpc) is 3.55. The maximum atomic E-state index is 13.2. The number of fused-ring (bicyclic) bond motifs is 1. The molecule has 0 aliphatic carbocycles.